The van der Waals surface area contributed by atoms with E-state index in [0.29, 0.717) is 12.0 Å². The molecule has 0 bridgehead atoms. The van der Waals surface area contributed by atoms with Crippen molar-refractivity contribution < 1.29 is 0 Å². The summed E-state index contributed by atoms with van der Waals surface area (Å²) >= 11 is 7.74. The van der Waals surface area contributed by atoms with Crippen LogP contribution in [0.1, 0.15) is 22.0 Å². The summed E-state index contributed by atoms with van der Waals surface area (Å²) in [6.07, 6.45) is 2.33. The van der Waals surface area contributed by atoms with Crippen LogP contribution >= 0.6 is 22.9 Å². The van der Waals surface area contributed by atoms with Gasteiger partial charge in [0.05, 0.1) is 4.34 Å². The molecule has 1 N–H and O–H groups in total. The van der Waals surface area contributed by atoms with Gasteiger partial charge in [-0.25, -0.2) is 0 Å². The average Bonchev–Trinajstić information content (AvgIpc) is 2.96. The van der Waals surface area contributed by atoms with E-state index in [9.17, 15) is 0 Å². The van der Waals surface area contributed by atoms with Crippen molar-refractivity contribution in [2.75, 3.05) is 7.05 Å². The van der Waals surface area contributed by atoms with E-state index in [1.807, 2.05) is 13.1 Å². The summed E-state index contributed by atoms with van der Waals surface area (Å²) in [7, 11) is 2.04. The summed E-state index contributed by atoms with van der Waals surface area (Å²) in [5, 5.41) is 3.46. The Balaban J connectivity index is 1.83. The van der Waals surface area contributed by atoms with Crippen LogP contribution in [-0.2, 0) is 12.8 Å². The highest BCUT2D eigenvalue weighted by Gasteiger charge is 2.29. The van der Waals surface area contributed by atoms with Crippen LogP contribution in [0, 0.1) is 5.92 Å². The Morgan fingerprint density at radius 3 is 2.33 bits per heavy atom. The smallest absolute Gasteiger partial charge is 0.0931 e. The van der Waals surface area contributed by atoms with Crippen molar-refractivity contribution in [3.63, 3.8) is 0 Å². The molecule has 0 saturated heterocycles. The maximum atomic E-state index is 6.05. The molecule has 0 amide bonds. The average molecular weight is 278 g/mol. The van der Waals surface area contributed by atoms with Gasteiger partial charge < -0.3 is 5.32 Å². The fraction of sp³-hybridized carbons (Fsp3) is 0.333. The Morgan fingerprint density at radius 2 is 1.83 bits per heavy atom. The summed E-state index contributed by atoms with van der Waals surface area (Å²) in [4.78, 5) is 1.35. The third-order valence-corrected chi connectivity index (χ3v) is 5.08. The molecule has 1 aliphatic carbocycles. The standard InChI is InChI=1S/C15H16ClNS/c1-17-15(13-6-7-14(16)18-13)12-8-10-4-2-3-5-11(10)9-12/h2-7,12,15,17H,8-9H2,1H3. The number of rotatable bonds is 3. The third-order valence-electron chi connectivity index (χ3n) is 3.77. The van der Waals surface area contributed by atoms with Crippen LogP contribution in [0.25, 0.3) is 0 Å². The lowest BCUT2D eigenvalue weighted by atomic mass is 9.95. The number of hydrogen-bond donors (Lipinski definition) is 1. The van der Waals surface area contributed by atoms with E-state index in [1.165, 1.54) is 16.0 Å². The molecule has 1 unspecified atom stereocenters. The molecule has 0 radical (unpaired) electrons. The van der Waals surface area contributed by atoms with Gasteiger partial charge in [0, 0.05) is 10.9 Å². The van der Waals surface area contributed by atoms with Crippen molar-refractivity contribution in [3.05, 3.63) is 56.7 Å². The topological polar surface area (TPSA) is 12.0 Å². The molecule has 1 heterocycles. The van der Waals surface area contributed by atoms with Gasteiger partial charge in [-0.3, -0.25) is 0 Å². The first-order valence-corrected chi connectivity index (χ1v) is 7.46. The number of thiophene rings is 1. The fourth-order valence-corrected chi connectivity index (χ4v) is 4.20. The first-order chi connectivity index (χ1) is 8.78. The zero-order chi connectivity index (χ0) is 12.5. The Bertz CT molecular complexity index is 524. The van der Waals surface area contributed by atoms with Gasteiger partial charge in [-0.1, -0.05) is 35.9 Å². The summed E-state index contributed by atoms with van der Waals surface area (Å²) < 4.78 is 0.876. The summed E-state index contributed by atoms with van der Waals surface area (Å²) in [5.74, 6) is 0.641. The second-order valence-electron chi connectivity index (χ2n) is 4.85. The van der Waals surface area contributed by atoms with Gasteiger partial charge in [0.15, 0.2) is 0 Å². The molecule has 1 nitrogen and oxygen atoms in total. The highest BCUT2D eigenvalue weighted by atomic mass is 35.5. The van der Waals surface area contributed by atoms with Crippen molar-refractivity contribution in [3.8, 4) is 0 Å². The van der Waals surface area contributed by atoms with Crippen LogP contribution in [0.4, 0.5) is 0 Å². The molecule has 3 heteroatoms. The van der Waals surface area contributed by atoms with E-state index in [2.05, 4.69) is 35.6 Å². The van der Waals surface area contributed by atoms with Crippen LogP contribution in [0.2, 0.25) is 4.34 Å². The highest BCUT2D eigenvalue weighted by Crippen LogP contribution is 2.38. The van der Waals surface area contributed by atoms with E-state index in [4.69, 9.17) is 11.6 Å². The van der Waals surface area contributed by atoms with E-state index in [1.54, 1.807) is 11.3 Å². The van der Waals surface area contributed by atoms with Crippen LogP contribution in [-0.4, -0.2) is 7.05 Å². The van der Waals surface area contributed by atoms with Gasteiger partial charge in [-0.15, -0.1) is 11.3 Å². The minimum Gasteiger partial charge on any atom is -0.312 e. The first-order valence-electron chi connectivity index (χ1n) is 6.27. The van der Waals surface area contributed by atoms with Gasteiger partial charge >= 0.3 is 0 Å². The molecule has 3 rings (SSSR count). The zero-order valence-electron chi connectivity index (χ0n) is 10.3. The summed E-state index contributed by atoms with van der Waals surface area (Å²) in [6.45, 7) is 0. The minimum atomic E-state index is 0.412. The van der Waals surface area contributed by atoms with E-state index in [0.717, 1.165) is 17.2 Å². The molecule has 1 atom stereocenters. The van der Waals surface area contributed by atoms with Gasteiger partial charge in [0.1, 0.15) is 0 Å². The van der Waals surface area contributed by atoms with E-state index < -0.39 is 0 Å². The van der Waals surface area contributed by atoms with Crippen molar-refractivity contribution >= 4 is 22.9 Å². The lowest BCUT2D eigenvalue weighted by Gasteiger charge is -2.21. The van der Waals surface area contributed by atoms with Crippen molar-refractivity contribution in [2.24, 2.45) is 5.92 Å². The summed E-state index contributed by atoms with van der Waals surface area (Å²) in [6, 6.07) is 13.3. The van der Waals surface area contributed by atoms with Crippen LogP contribution in [0.15, 0.2) is 36.4 Å². The monoisotopic (exact) mass is 277 g/mol. The lowest BCUT2D eigenvalue weighted by Crippen LogP contribution is -2.24. The van der Waals surface area contributed by atoms with Crippen molar-refractivity contribution in [1.82, 2.24) is 5.32 Å². The molecular weight excluding hydrogens is 262 g/mol. The SMILES string of the molecule is CNC(c1ccc(Cl)s1)C1Cc2ccccc2C1. The Labute approximate surface area is 117 Å². The number of benzene rings is 1. The fourth-order valence-electron chi connectivity index (χ4n) is 2.93. The Morgan fingerprint density at radius 1 is 1.17 bits per heavy atom. The van der Waals surface area contributed by atoms with Crippen LogP contribution in [0.5, 0.6) is 0 Å². The maximum Gasteiger partial charge on any atom is 0.0931 e. The molecule has 1 aliphatic rings. The van der Waals surface area contributed by atoms with E-state index in [-0.39, 0.29) is 0 Å². The quantitative estimate of drug-likeness (QED) is 0.891. The normalized spacial score (nSPS) is 16.8. The minimum absolute atomic E-state index is 0.412. The van der Waals surface area contributed by atoms with Crippen molar-refractivity contribution in [1.29, 1.82) is 0 Å². The second kappa shape index (κ2) is 5.04. The first kappa shape index (κ1) is 12.2. The molecule has 1 aromatic carbocycles. The number of halogens is 1. The number of hydrogen-bond acceptors (Lipinski definition) is 2. The predicted molar refractivity (Wildman–Crippen MR) is 78.5 cm³/mol. The molecule has 0 fully saturated rings. The zero-order valence-corrected chi connectivity index (χ0v) is 11.9. The highest BCUT2D eigenvalue weighted by molar-refractivity contribution is 7.16. The van der Waals surface area contributed by atoms with Crippen molar-refractivity contribution in [2.45, 2.75) is 18.9 Å². The maximum absolute atomic E-state index is 6.05. The van der Waals surface area contributed by atoms with Gasteiger partial charge in [0.25, 0.3) is 0 Å². The Hall–Kier alpha value is -0.830. The lowest BCUT2D eigenvalue weighted by molar-refractivity contribution is 0.402. The molecule has 0 spiro atoms. The largest absolute Gasteiger partial charge is 0.312 e. The number of fused-ring (bicyclic) bond motifs is 1. The third kappa shape index (κ3) is 2.20. The molecule has 1 aromatic heterocycles. The Kier molecular flexibility index (Phi) is 3.42. The second-order valence-corrected chi connectivity index (χ2v) is 6.59. The molecule has 18 heavy (non-hydrogen) atoms. The predicted octanol–water partition coefficient (Wildman–Crippen LogP) is 4.08. The molecule has 2 aromatic rings. The van der Waals surface area contributed by atoms with Gasteiger partial charge in [0.2, 0.25) is 0 Å². The van der Waals surface area contributed by atoms with Crippen LogP contribution in [0.3, 0.4) is 0 Å². The molecule has 94 valence electrons. The van der Waals surface area contributed by atoms with Gasteiger partial charge in [-0.05, 0) is 49.1 Å². The van der Waals surface area contributed by atoms with E-state index >= 15 is 0 Å². The molecule has 0 aliphatic heterocycles. The molecular formula is C15H16ClNS. The number of nitrogens with one attached hydrogen (secondary N) is 1. The van der Waals surface area contributed by atoms with Gasteiger partial charge in [-0.2, -0.15) is 0 Å². The van der Waals surface area contributed by atoms with Crippen LogP contribution < -0.4 is 5.32 Å². The summed E-state index contributed by atoms with van der Waals surface area (Å²) in [5.41, 5.74) is 3.01. The molecule has 0 saturated carbocycles.